The minimum Gasteiger partial charge on any atom is -0.352 e. The van der Waals surface area contributed by atoms with E-state index in [1.165, 1.54) is 16.0 Å². The maximum Gasteiger partial charge on any atom is 0.191 e. The molecule has 2 aromatic rings. The number of halogens is 1. The predicted octanol–water partition coefficient (Wildman–Crippen LogP) is 3.68. The Kier molecular flexibility index (Phi) is 5.61. The standard InChI is InChI=1S/C15H18BrN3S/c1-11-3-5-12(6-4-11)8-18-15(17-2)19-9-14-7-13(16)10-20-14/h3-7,10H,8-9H2,1-2H3,(H2,17,18,19). The van der Waals surface area contributed by atoms with Gasteiger partial charge in [0.05, 0.1) is 6.54 Å². The summed E-state index contributed by atoms with van der Waals surface area (Å²) < 4.78 is 1.13. The highest BCUT2D eigenvalue weighted by molar-refractivity contribution is 9.10. The first kappa shape index (κ1) is 15.1. The van der Waals surface area contributed by atoms with Crippen molar-refractivity contribution >= 4 is 33.2 Å². The Bertz CT molecular complexity index is 575. The van der Waals surface area contributed by atoms with Gasteiger partial charge in [0, 0.05) is 28.3 Å². The minimum atomic E-state index is 0.772. The van der Waals surface area contributed by atoms with Crippen molar-refractivity contribution in [3.63, 3.8) is 0 Å². The summed E-state index contributed by atoms with van der Waals surface area (Å²) in [4.78, 5) is 5.50. The molecular formula is C15H18BrN3S. The number of aliphatic imine (C=N–C) groups is 1. The van der Waals surface area contributed by atoms with Crippen LogP contribution in [-0.2, 0) is 13.1 Å². The van der Waals surface area contributed by atoms with Gasteiger partial charge in [-0.1, -0.05) is 29.8 Å². The average Bonchev–Trinajstić information content (AvgIpc) is 2.87. The summed E-state index contributed by atoms with van der Waals surface area (Å²) in [6.45, 7) is 3.65. The van der Waals surface area contributed by atoms with Gasteiger partial charge in [-0.05, 0) is 34.5 Å². The third kappa shape index (κ3) is 4.65. The van der Waals surface area contributed by atoms with Crippen LogP contribution in [0.5, 0.6) is 0 Å². The van der Waals surface area contributed by atoms with Gasteiger partial charge in [-0.15, -0.1) is 11.3 Å². The topological polar surface area (TPSA) is 36.4 Å². The number of benzene rings is 1. The molecule has 1 aromatic heterocycles. The van der Waals surface area contributed by atoms with Crippen LogP contribution < -0.4 is 10.6 Å². The Morgan fingerprint density at radius 1 is 1.20 bits per heavy atom. The van der Waals surface area contributed by atoms with Crippen LogP contribution in [0.3, 0.4) is 0 Å². The molecule has 106 valence electrons. The van der Waals surface area contributed by atoms with Crippen LogP contribution in [0.25, 0.3) is 0 Å². The Labute approximate surface area is 132 Å². The van der Waals surface area contributed by atoms with E-state index in [1.54, 1.807) is 18.4 Å². The molecule has 2 N–H and O–H groups in total. The molecule has 0 spiro atoms. The first-order valence-electron chi connectivity index (χ1n) is 6.40. The second-order valence-electron chi connectivity index (χ2n) is 4.50. The number of hydrogen-bond donors (Lipinski definition) is 2. The molecule has 0 fully saturated rings. The van der Waals surface area contributed by atoms with E-state index in [1.807, 2.05) is 0 Å². The fourth-order valence-corrected chi connectivity index (χ4v) is 3.12. The minimum absolute atomic E-state index is 0.772. The number of aryl methyl sites for hydroxylation is 1. The monoisotopic (exact) mass is 351 g/mol. The van der Waals surface area contributed by atoms with E-state index in [0.29, 0.717) is 0 Å². The lowest BCUT2D eigenvalue weighted by molar-refractivity contribution is 0.815. The number of guanidine groups is 1. The van der Waals surface area contributed by atoms with Crippen molar-refractivity contribution in [3.05, 3.63) is 56.2 Å². The fourth-order valence-electron chi connectivity index (χ4n) is 1.73. The summed E-state index contributed by atoms with van der Waals surface area (Å²) in [5.74, 6) is 0.815. The molecule has 0 radical (unpaired) electrons. The van der Waals surface area contributed by atoms with Crippen LogP contribution in [0.1, 0.15) is 16.0 Å². The lowest BCUT2D eigenvalue weighted by Gasteiger charge is -2.11. The van der Waals surface area contributed by atoms with Gasteiger partial charge in [0.15, 0.2) is 5.96 Å². The lowest BCUT2D eigenvalue weighted by Crippen LogP contribution is -2.36. The molecule has 1 heterocycles. The Morgan fingerprint density at radius 3 is 2.50 bits per heavy atom. The first-order valence-corrected chi connectivity index (χ1v) is 8.07. The maximum absolute atomic E-state index is 4.23. The van der Waals surface area contributed by atoms with Crippen molar-refractivity contribution in [1.82, 2.24) is 10.6 Å². The Hall–Kier alpha value is -1.33. The summed E-state index contributed by atoms with van der Waals surface area (Å²) in [5.41, 5.74) is 2.52. The van der Waals surface area contributed by atoms with Gasteiger partial charge >= 0.3 is 0 Å². The third-order valence-electron chi connectivity index (χ3n) is 2.86. The predicted molar refractivity (Wildman–Crippen MR) is 90.2 cm³/mol. The zero-order valence-electron chi connectivity index (χ0n) is 11.6. The molecule has 0 amide bonds. The van der Waals surface area contributed by atoms with Crippen LogP contribution in [-0.4, -0.2) is 13.0 Å². The van der Waals surface area contributed by atoms with Crippen LogP contribution in [0, 0.1) is 6.92 Å². The first-order chi connectivity index (χ1) is 9.67. The SMILES string of the molecule is CN=C(NCc1ccc(C)cc1)NCc1cc(Br)cs1. The zero-order valence-corrected chi connectivity index (χ0v) is 14.0. The van der Waals surface area contributed by atoms with Gasteiger partial charge in [-0.2, -0.15) is 0 Å². The van der Waals surface area contributed by atoms with Crippen molar-refractivity contribution < 1.29 is 0 Å². The van der Waals surface area contributed by atoms with Gasteiger partial charge < -0.3 is 10.6 Å². The van der Waals surface area contributed by atoms with Crippen molar-refractivity contribution in [1.29, 1.82) is 0 Å². The third-order valence-corrected chi connectivity index (χ3v) is 4.55. The molecule has 0 bridgehead atoms. The highest BCUT2D eigenvalue weighted by atomic mass is 79.9. The molecule has 0 unspecified atom stereocenters. The number of nitrogens with one attached hydrogen (secondary N) is 2. The Balaban J connectivity index is 1.82. The highest BCUT2D eigenvalue weighted by Crippen LogP contribution is 2.19. The van der Waals surface area contributed by atoms with Gasteiger partial charge in [0.2, 0.25) is 0 Å². The van der Waals surface area contributed by atoms with Crippen LogP contribution in [0.4, 0.5) is 0 Å². The van der Waals surface area contributed by atoms with Crippen molar-refractivity contribution in [2.45, 2.75) is 20.0 Å². The molecule has 0 saturated carbocycles. The molecule has 3 nitrogen and oxygen atoms in total. The molecule has 0 aliphatic carbocycles. The fraction of sp³-hybridized carbons (Fsp3) is 0.267. The van der Waals surface area contributed by atoms with Crippen molar-refractivity contribution in [3.8, 4) is 0 Å². The van der Waals surface area contributed by atoms with E-state index < -0.39 is 0 Å². The van der Waals surface area contributed by atoms with Gasteiger partial charge in [0.1, 0.15) is 0 Å². The molecular weight excluding hydrogens is 334 g/mol. The molecule has 1 aromatic carbocycles. The largest absolute Gasteiger partial charge is 0.352 e. The van der Waals surface area contributed by atoms with E-state index in [4.69, 9.17) is 0 Å². The summed E-state index contributed by atoms with van der Waals surface area (Å²) >= 11 is 5.19. The summed E-state index contributed by atoms with van der Waals surface area (Å²) in [7, 11) is 1.79. The second kappa shape index (κ2) is 7.45. The molecule has 2 rings (SSSR count). The van der Waals surface area contributed by atoms with E-state index in [0.717, 1.165) is 23.5 Å². The molecule has 0 aliphatic heterocycles. The number of hydrogen-bond acceptors (Lipinski definition) is 2. The van der Waals surface area contributed by atoms with E-state index >= 15 is 0 Å². The Morgan fingerprint density at radius 2 is 1.90 bits per heavy atom. The molecule has 0 saturated heterocycles. The van der Waals surface area contributed by atoms with E-state index in [-0.39, 0.29) is 0 Å². The normalized spacial score (nSPS) is 11.4. The van der Waals surface area contributed by atoms with Gasteiger partial charge in [-0.25, -0.2) is 0 Å². The van der Waals surface area contributed by atoms with E-state index in [9.17, 15) is 0 Å². The van der Waals surface area contributed by atoms with Crippen molar-refractivity contribution in [2.75, 3.05) is 7.05 Å². The smallest absolute Gasteiger partial charge is 0.191 e. The number of nitrogens with zero attached hydrogens (tertiary/aromatic N) is 1. The van der Waals surface area contributed by atoms with Crippen LogP contribution in [0.15, 0.2) is 45.2 Å². The summed E-state index contributed by atoms with van der Waals surface area (Å²) in [6.07, 6.45) is 0. The summed E-state index contributed by atoms with van der Waals surface area (Å²) in [5, 5.41) is 8.71. The van der Waals surface area contributed by atoms with Gasteiger partial charge in [0.25, 0.3) is 0 Å². The lowest BCUT2D eigenvalue weighted by atomic mass is 10.1. The zero-order chi connectivity index (χ0) is 14.4. The maximum atomic E-state index is 4.23. The highest BCUT2D eigenvalue weighted by Gasteiger charge is 2.01. The molecule has 0 atom stereocenters. The average molecular weight is 352 g/mol. The van der Waals surface area contributed by atoms with Crippen LogP contribution in [0.2, 0.25) is 0 Å². The summed E-state index contributed by atoms with van der Waals surface area (Å²) in [6, 6.07) is 10.6. The van der Waals surface area contributed by atoms with Gasteiger partial charge in [-0.3, -0.25) is 4.99 Å². The van der Waals surface area contributed by atoms with Crippen LogP contribution >= 0.6 is 27.3 Å². The van der Waals surface area contributed by atoms with E-state index in [2.05, 4.69) is 74.2 Å². The second-order valence-corrected chi connectivity index (χ2v) is 6.41. The quantitative estimate of drug-likeness (QED) is 0.651. The number of rotatable bonds is 4. The number of thiophene rings is 1. The molecule has 5 heteroatoms. The van der Waals surface area contributed by atoms with Crippen molar-refractivity contribution in [2.24, 2.45) is 4.99 Å². The molecule has 20 heavy (non-hydrogen) atoms. The molecule has 0 aliphatic rings.